The molecule has 2 rings (SSSR count). The van der Waals surface area contributed by atoms with E-state index < -0.39 is 17.0 Å². The van der Waals surface area contributed by atoms with E-state index in [-0.39, 0.29) is 29.5 Å². The lowest BCUT2D eigenvalue weighted by Gasteiger charge is -2.25. The third-order valence-corrected chi connectivity index (χ3v) is 4.32. The third-order valence-electron chi connectivity index (χ3n) is 4.32. The number of nitro groups is 1. The van der Waals surface area contributed by atoms with Gasteiger partial charge in [-0.1, -0.05) is 30.3 Å². The molecule has 0 bridgehead atoms. The fourth-order valence-corrected chi connectivity index (χ4v) is 2.83. The van der Waals surface area contributed by atoms with Crippen LogP contribution in [0.15, 0.2) is 48.5 Å². The molecule has 1 atom stereocenters. The monoisotopic (exact) mass is 400 g/mol. The van der Waals surface area contributed by atoms with Crippen molar-refractivity contribution in [2.45, 2.75) is 26.9 Å². The summed E-state index contributed by atoms with van der Waals surface area (Å²) in [4.78, 5) is 37.9. The number of benzene rings is 2. The number of nitrogens with zero attached hydrogens (tertiary/aromatic N) is 2. The van der Waals surface area contributed by atoms with Crippen LogP contribution in [-0.4, -0.2) is 41.4 Å². The van der Waals surface area contributed by atoms with E-state index in [2.05, 4.69) is 0 Å². The highest BCUT2D eigenvalue weighted by Crippen LogP contribution is 2.29. The predicted molar refractivity (Wildman–Crippen MR) is 107 cm³/mol. The molecule has 0 aliphatic rings. The molecule has 0 heterocycles. The topological polar surface area (TPSA) is 99.0 Å². The maximum absolute atomic E-state index is 12.9. The molecule has 0 spiro atoms. The van der Waals surface area contributed by atoms with Crippen molar-refractivity contribution in [3.05, 3.63) is 69.8 Å². The normalized spacial score (nSPS) is 11.4. The van der Waals surface area contributed by atoms with E-state index in [1.807, 2.05) is 13.8 Å². The number of rotatable bonds is 9. The Morgan fingerprint density at radius 1 is 1.07 bits per heavy atom. The first-order chi connectivity index (χ1) is 13.9. The molecule has 8 nitrogen and oxygen atoms in total. The molecule has 0 radical (unpaired) electrons. The first-order valence-corrected chi connectivity index (χ1v) is 9.38. The Labute approximate surface area is 169 Å². The van der Waals surface area contributed by atoms with E-state index in [1.165, 1.54) is 12.1 Å². The second kappa shape index (κ2) is 10.2. The van der Waals surface area contributed by atoms with Gasteiger partial charge in [0.2, 0.25) is 6.10 Å². The molecule has 2 aromatic carbocycles. The minimum Gasteiger partial charge on any atom is -0.487 e. The summed E-state index contributed by atoms with van der Waals surface area (Å²) in [5, 5.41) is 11.3. The van der Waals surface area contributed by atoms with Gasteiger partial charge in [0, 0.05) is 24.7 Å². The Bertz CT molecular complexity index is 865. The Morgan fingerprint density at radius 3 is 2.28 bits per heavy atom. The van der Waals surface area contributed by atoms with Crippen LogP contribution in [0.4, 0.5) is 5.69 Å². The van der Waals surface area contributed by atoms with Gasteiger partial charge in [-0.15, -0.1) is 0 Å². The second-order valence-corrected chi connectivity index (χ2v) is 6.08. The van der Waals surface area contributed by atoms with Gasteiger partial charge in [-0.25, -0.2) is 4.79 Å². The molecule has 29 heavy (non-hydrogen) atoms. The Kier molecular flexibility index (Phi) is 7.70. The highest BCUT2D eigenvalue weighted by Gasteiger charge is 2.29. The van der Waals surface area contributed by atoms with Gasteiger partial charge < -0.3 is 14.4 Å². The number of esters is 1. The van der Waals surface area contributed by atoms with Gasteiger partial charge in [0.15, 0.2) is 5.75 Å². The van der Waals surface area contributed by atoms with Crippen LogP contribution in [-0.2, 0) is 9.53 Å². The predicted octanol–water partition coefficient (Wildman–Crippen LogP) is 3.76. The van der Waals surface area contributed by atoms with Crippen molar-refractivity contribution in [3.8, 4) is 5.75 Å². The van der Waals surface area contributed by atoms with Gasteiger partial charge in [-0.3, -0.25) is 14.9 Å². The molecular weight excluding hydrogens is 376 g/mol. The minimum atomic E-state index is -1.14. The summed E-state index contributed by atoms with van der Waals surface area (Å²) >= 11 is 0. The number of hydrogen-bond donors (Lipinski definition) is 0. The van der Waals surface area contributed by atoms with E-state index in [9.17, 15) is 19.7 Å². The van der Waals surface area contributed by atoms with E-state index >= 15 is 0 Å². The molecule has 0 N–H and O–H groups in total. The molecule has 0 fully saturated rings. The number of likely N-dealkylation sites (N-methyl/N-ethyl adjacent to an activating group) is 1. The third kappa shape index (κ3) is 5.31. The highest BCUT2D eigenvalue weighted by molar-refractivity contribution is 5.93. The first-order valence-electron chi connectivity index (χ1n) is 9.38. The van der Waals surface area contributed by atoms with Crippen LogP contribution in [0, 0.1) is 10.1 Å². The fourth-order valence-electron chi connectivity index (χ4n) is 2.83. The largest absolute Gasteiger partial charge is 0.487 e. The molecule has 0 aromatic heterocycles. The van der Waals surface area contributed by atoms with Crippen molar-refractivity contribution in [1.82, 2.24) is 4.90 Å². The molecule has 0 saturated carbocycles. The quantitative estimate of drug-likeness (QED) is 0.361. The number of carbonyl (C=O) groups excluding carboxylic acids is 2. The molecule has 154 valence electrons. The summed E-state index contributed by atoms with van der Waals surface area (Å²) in [5.41, 5.74) is 0.152. The first kappa shape index (κ1) is 21.9. The second-order valence-electron chi connectivity index (χ2n) is 6.08. The van der Waals surface area contributed by atoms with Crippen LogP contribution >= 0.6 is 0 Å². The standard InChI is InChI=1S/C21H24N2O6/c1-4-22(5-2)20(24)19(15-10-8-7-9-11-15)29-21(25)16-12-13-18(28-6-3)17(14-16)23(26)27/h7-14,19H,4-6H2,1-3H3/t19-/m0/s1. The summed E-state index contributed by atoms with van der Waals surface area (Å²) in [6.45, 7) is 6.55. The van der Waals surface area contributed by atoms with Crippen molar-refractivity contribution in [1.29, 1.82) is 0 Å². The zero-order valence-corrected chi connectivity index (χ0v) is 16.7. The lowest BCUT2D eigenvalue weighted by Crippen LogP contribution is -2.36. The van der Waals surface area contributed by atoms with Gasteiger partial charge in [-0.2, -0.15) is 0 Å². The Hall–Kier alpha value is -3.42. The lowest BCUT2D eigenvalue weighted by atomic mass is 10.1. The molecular formula is C21H24N2O6. The van der Waals surface area contributed by atoms with Crippen LogP contribution in [0.3, 0.4) is 0 Å². The zero-order chi connectivity index (χ0) is 21.4. The van der Waals surface area contributed by atoms with Crippen LogP contribution in [0.2, 0.25) is 0 Å². The van der Waals surface area contributed by atoms with E-state index in [0.29, 0.717) is 18.7 Å². The van der Waals surface area contributed by atoms with Crippen molar-refractivity contribution >= 4 is 17.6 Å². The number of amides is 1. The Balaban J connectivity index is 2.36. The van der Waals surface area contributed by atoms with Crippen molar-refractivity contribution in [2.75, 3.05) is 19.7 Å². The molecule has 1 amide bonds. The van der Waals surface area contributed by atoms with Gasteiger partial charge in [-0.05, 0) is 32.9 Å². The van der Waals surface area contributed by atoms with Crippen LogP contribution in [0.1, 0.15) is 42.8 Å². The van der Waals surface area contributed by atoms with Gasteiger partial charge >= 0.3 is 11.7 Å². The van der Waals surface area contributed by atoms with Crippen LogP contribution < -0.4 is 4.74 Å². The maximum Gasteiger partial charge on any atom is 0.339 e. The fraction of sp³-hybridized carbons (Fsp3) is 0.333. The number of carbonyl (C=O) groups is 2. The van der Waals surface area contributed by atoms with Crippen LogP contribution in [0.5, 0.6) is 5.75 Å². The number of ether oxygens (including phenoxy) is 2. The van der Waals surface area contributed by atoms with Gasteiger partial charge in [0.05, 0.1) is 17.1 Å². The smallest absolute Gasteiger partial charge is 0.339 e. The average molecular weight is 400 g/mol. The molecule has 0 aliphatic heterocycles. The van der Waals surface area contributed by atoms with Gasteiger partial charge in [0.1, 0.15) is 0 Å². The van der Waals surface area contributed by atoms with Crippen molar-refractivity contribution in [3.63, 3.8) is 0 Å². The SMILES string of the molecule is CCOc1ccc(C(=O)O[C@H](C(=O)N(CC)CC)c2ccccc2)cc1[N+](=O)[O-]. The number of hydrogen-bond acceptors (Lipinski definition) is 6. The van der Waals surface area contributed by atoms with Crippen LogP contribution in [0.25, 0.3) is 0 Å². The van der Waals surface area contributed by atoms with E-state index in [0.717, 1.165) is 6.07 Å². The maximum atomic E-state index is 12.9. The van der Waals surface area contributed by atoms with E-state index in [4.69, 9.17) is 9.47 Å². The summed E-state index contributed by atoms with van der Waals surface area (Å²) in [6.07, 6.45) is -1.14. The van der Waals surface area contributed by atoms with E-state index in [1.54, 1.807) is 42.2 Å². The number of nitro benzene ring substituents is 1. The zero-order valence-electron chi connectivity index (χ0n) is 16.7. The summed E-state index contributed by atoms with van der Waals surface area (Å²) < 4.78 is 10.7. The lowest BCUT2D eigenvalue weighted by molar-refractivity contribution is -0.385. The average Bonchev–Trinajstić information content (AvgIpc) is 2.73. The molecule has 2 aromatic rings. The highest BCUT2D eigenvalue weighted by atomic mass is 16.6. The van der Waals surface area contributed by atoms with Crippen molar-refractivity contribution in [2.24, 2.45) is 0 Å². The molecule has 0 saturated heterocycles. The Morgan fingerprint density at radius 2 is 1.72 bits per heavy atom. The summed E-state index contributed by atoms with van der Waals surface area (Å²) in [7, 11) is 0. The molecule has 8 heteroatoms. The van der Waals surface area contributed by atoms with Gasteiger partial charge in [0.25, 0.3) is 5.91 Å². The molecule has 0 aliphatic carbocycles. The minimum absolute atomic E-state index is 0.0339. The summed E-state index contributed by atoms with van der Waals surface area (Å²) in [5.74, 6) is -1.12. The summed E-state index contributed by atoms with van der Waals surface area (Å²) in [6, 6.07) is 12.5. The molecule has 0 unspecified atom stereocenters. The van der Waals surface area contributed by atoms with Crippen molar-refractivity contribution < 1.29 is 24.0 Å².